The molecule has 0 radical (unpaired) electrons. The number of thioether (sulfide) groups is 1. The summed E-state index contributed by atoms with van der Waals surface area (Å²) in [6.45, 7) is 0. The van der Waals surface area contributed by atoms with Crippen LogP contribution in [0.1, 0.15) is 5.56 Å². The number of hydrogen-bond donors (Lipinski definition) is 0. The Morgan fingerprint density at radius 2 is 1.88 bits per heavy atom. The Morgan fingerprint density at radius 1 is 1.16 bits per heavy atom. The normalized spacial score (nSPS) is 11.2. The lowest BCUT2D eigenvalue weighted by atomic mass is 10.2. The lowest BCUT2D eigenvalue weighted by molar-refractivity contribution is 0.411. The van der Waals surface area contributed by atoms with Crippen molar-refractivity contribution in [1.29, 1.82) is 0 Å². The minimum Gasteiger partial charge on any atom is -0.496 e. The fourth-order valence-corrected chi connectivity index (χ4v) is 3.91. The van der Waals surface area contributed by atoms with Crippen molar-refractivity contribution in [2.45, 2.75) is 10.9 Å². The van der Waals surface area contributed by atoms with Gasteiger partial charge in [-0.15, -0.1) is 0 Å². The maximum absolute atomic E-state index is 12.4. The molecule has 9 heteroatoms. The molecule has 0 saturated heterocycles. The number of rotatable bonds is 4. The van der Waals surface area contributed by atoms with Gasteiger partial charge in [0.1, 0.15) is 5.75 Å². The van der Waals surface area contributed by atoms with Crippen LogP contribution in [-0.2, 0) is 26.9 Å². The summed E-state index contributed by atoms with van der Waals surface area (Å²) in [7, 11) is 6.49. The highest BCUT2D eigenvalue weighted by molar-refractivity contribution is 9.10. The summed E-state index contributed by atoms with van der Waals surface area (Å²) in [5.41, 5.74) is 1.09. The summed E-state index contributed by atoms with van der Waals surface area (Å²) in [6, 6.07) is 5.84. The van der Waals surface area contributed by atoms with Crippen molar-refractivity contribution in [3.05, 3.63) is 49.1 Å². The summed E-state index contributed by atoms with van der Waals surface area (Å²) < 4.78 is 10.6. The molecule has 0 aliphatic rings. The van der Waals surface area contributed by atoms with Crippen LogP contribution in [0.25, 0.3) is 11.2 Å². The van der Waals surface area contributed by atoms with Crippen LogP contribution < -0.4 is 16.0 Å². The smallest absolute Gasteiger partial charge is 0.332 e. The molecule has 0 amide bonds. The first kappa shape index (κ1) is 17.8. The van der Waals surface area contributed by atoms with E-state index >= 15 is 0 Å². The van der Waals surface area contributed by atoms with Crippen LogP contribution in [0.4, 0.5) is 0 Å². The third kappa shape index (κ3) is 3.02. The molecule has 2 heterocycles. The number of nitrogens with zero attached hydrogens (tertiary/aromatic N) is 4. The second-order valence-corrected chi connectivity index (χ2v) is 7.43. The summed E-state index contributed by atoms with van der Waals surface area (Å²) in [5, 5.41) is 0.665. The maximum atomic E-state index is 12.4. The van der Waals surface area contributed by atoms with Crippen LogP contribution in [0.2, 0.25) is 0 Å². The Balaban J connectivity index is 2.02. The average molecular weight is 425 g/mol. The van der Waals surface area contributed by atoms with Crippen molar-refractivity contribution in [1.82, 2.24) is 18.7 Å². The fourth-order valence-electron chi connectivity index (χ4n) is 2.61. The van der Waals surface area contributed by atoms with E-state index in [1.807, 2.05) is 18.2 Å². The van der Waals surface area contributed by atoms with Crippen LogP contribution in [0, 0.1) is 0 Å². The molecular weight excluding hydrogens is 408 g/mol. The van der Waals surface area contributed by atoms with Gasteiger partial charge in [-0.3, -0.25) is 13.9 Å². The second kappa shape index (κ2) is 6.72. The third-order valence-corrected chi connectivity index (χ3v) is 5.61. The summed E-state index contributed by atoms with van der Waals surface area (Å²) in [5.74, 6) is 1.41. The van der Waals surface area contributed by atoms with Gasteiger partial charge in [0.05, 0.1) is 7.11 Å². The van der Waals surface area contributed by atoms with Gasteiger partial charge in [0.25, 0.3) is 5.56 Å². The monoisotopic (exact) mass is 424 g/mol. The predicted octanol–water partition coefficient (Wildman–Crippen LogP) is 2.03. The zero-order valence-corrected chi connectivity index (χ0v) is 16.6. The standard InChI is InChI=1S/C16H17BrN4O3S/c1-19-12-13(20(2)16(23)21(3)14(12)22)18-15(19)25-8-9-5-6-10(17)7-11(9)24-4/h5-7H,8H2,1-4H3. The molecule has 0 aliphatic carbocycles. The van der Waals surface area contributed by atoms with E-state index in [-0.39, 0.29) is 11.2 Å². The molecule has 0 unspecified atom stereocenters. The van der Waals surface area contributed by atoms with E-state index in [0.29, 0.717) is 22.1 Å². The van der Waals surface area contributed by atoms with Crippen molar-refractivity contribution in [3.63, 3.8) is 0 Å². The van der Waals surface area contributed by atoms with Crippen LogP contribution in [0.3, 0.4) is 0 Å². The van der Waals surface area contributed by atoms with Crippen LogP contribution in [0.5, 0.6) is 5.75 Å². The number of aromatic nitrogens is 4. The van der Waals surface area contributed by atoms with E-state index in [1.165, 1.54) is 23.4 Å². The van der Waals surface area contributed by atoms with E-state index < -0.39 is 0 Å². The van der Waals surface area contributed by atoms with E-state index in [2.05, 4.69) is 20.9 Å². The number of benzene rings is 1. The van der Waals surface area contributed by atoms with Gasteiger partial charge in [-0.25, -0.2) is 9.78 Å². The molecule has 2 aromatic heterocycles. The minimum atomic E-state index is -0.387. The van der Waals surface area contributed by atoms with E-state index in [9.17, 15) is 9.59 Å². The molecule has 0 spiro atoms. The largest absolute Gasteiger partial charge is 0.496 e. The number of fused-ring (bicyclic) bond motifs is 1. The highest BCUT2D eigenvalue weighted by Gasteiger charge is 2.17. The average Bonchev–Trinajstić information content (AvgIpc) is 2.93. The van der Waals surface area contributed by atoms with Gasteiger partial charge in [-0.05, 0) is 12.1 Å². The first-order chi connectivity index (χ1) is 11.8. The number of hydrogen-bond acceptors (Lipinski definition) is 5. The second-order valence-electron chi connectivity index (χ2n) is 5.58. The zero-order chi connectivity index (χ0) is 18.3. The molecule has 25 heavy (non-hydrogen) atoms. The first-order valence-electron chi connectivity index (χ1n) is 7.42. The molecule has 3 aromatic rings. The Labute approximate surface area is 156 Å². The molecule has 0 fully saturated rings. The van der Waals surface area contributed by atoms with Gasteiger partial charge >= 0.3 is 5.69 Å². The maximum Gasteiger partial charge on any atom is 0.332 e. The highest BCUT2D eigenvalue weighted by atomic mass is 79.9. The third-order valence-electron chi connectivity index (χ3n) is 4.04. The molecule has 3 rings (SSSR count). The van der Waals surface area contributed by atoms with E-state index in [4.69, 9.17) is 4.74 Å². The molecule has 0 bridgehead atoms. The van der Waals surface area contributed by atoms with Gasteiger partial charge in [0.2, 0.25) is 0 Å². The van der Waals surface area contributed by atoms with Crippen molar-refractivity contribution in [2.24, 2.45) is 21.1 Å². The van der Waals surface area contributed by atoms with Crippen LogP contribution in [-0.4, -0.2) is 25.8 Å². The topological polar surface area (TPSA) is 71.1 Å². The van der Waals surface area contributed by atoms with Gasteiger partial charge in [0.15, 0.2) is 16.3 Å². The fraction of sp³-hybridized carbons (Fsp3) is 0.312. The number of imidazole rings is 1. The molecular formula is C16H17BrN4O3S. The van der Waals surface area contributed by atoms with Gasteiger partial charge in [-0.2, -0.15) is 0 Å². The quantitative estimate of drug-likeness (QED) is 0.599. The number of halogens is 1. The molecule has 0 saturated carbocycles. The molecule has 7 nitrogen and oxygen atoms in total. The molecule has 0 N–H and O–H groups in total. The Hall–Kier alpha value is -2.00. The van der Waals surface area contributed by atoms with Gasteiger partial charge in [-0.1, -0.05) is 33.8 Å². The Kier molecular flexibility index (Phi) is 4.79. The van der Waals surface area contributed by atoms with E-state index in [0.717, 1.165) is 20.4 Å². The van der Waals surface area contributed by atoms with Crippen molar-refractivity contribution >= 4 is 38.9 Å². The Bertz CT molecular complexity index is 1080. The van der Waals surface area contributed by atoms with Crippen LogP contribution >= 0.6 is 27.7 Å². The van der Waals surface area contributed by atoms with Crippen molar-refractivity contribution < 1.29 is 4.74 Å². The van der Waals surface area contributed by atoms with Crippen molar-refractivity contribution in [2.75, 3.05) is 7.11 Å². The van der Waals surface area contributed by atoms with E-state index in [1.54, 1.807) is 25.8 Å². The number of aryl methyl sites for hydroxylation is 2. The number of methoxy groups -OCH3 is 1. The number of ether oxygens (including phenoxy) is 1. The summed E-state index contributed by atoms with van der Waals surface area (Å²) in [6.07, 6.45) is 0. The molecule has 132 valence electrons. The molecule has 1 aromatic carbocycles. The molecule has 0 aliphatic heterocycles. The Morgan fingerprint density at radius 3 is 2.56 bits per heavy atom. The first-order valence-corrected chi connectivity index (χ1v) is 9.20. The van der Waals surface area contributed by atoms with Gasteiger partial charge in [0, 0.05) is 36.9 Å². The highest BCUT2D eigenvalue weighted by Crippen LogP contribution is 2.30. The minimum absolute atomic E-state index is 0.346. The lowest BCUT2D eigenvalue weighted by Crippen LogP contribution is -2.37. The predicted molar refractivity (Wildman–Crippen MR) is 101 cm³/mol. The lowest BCUT2D eigenvalue weighted by Gasteiger charge is -2.08. The zero-order valence-electron chi connectivity index (χ0n) is 14.2. The molecule has 0 atom stereocenters. The van der Waals surface area contributed by atoms with Gasteiger partial charge < -0.3 is 9.30 Å². The SMILES string of the molecule is COc1cc(Br)ccc1CSc1nc2c(c(=O)n(C)c(=O)n2C)n1C. The van der Waals surface area contributed by atoms with Crippen molar-refractivity contribution in [3.8, 4) is 5.75 Å². The summed E-state index contributed by atoms with van der Waals surface area (Å²) in [4.78, 5) is 29.0. The summed E-state index contributed by atoms with van der Waals surface area (Å²) >= 11 is 4.91. The van der Waals surface area contributed by atoms with Crippen LogP contribution in [0.15, 0.2) is 37.4 Å².